The van der Waals surface area contributed by atoms with E-state index in [0.717, 1.165) is 46.0 Å². The molecule has 32 heavy (non-hydrogen) atoms. The molecule has 6 nitrogen and oxygen atoms in total. The number of rotatable bonds is 10. The lowest BCUT2D eigenvalue weighted by Crippen LogP contribution is -2.19. The van der Waals surface area contributed by atoms with Crippen molar-refractivity contribution in [1.29, 1.82) is 0 Å². The number of aromatic carboxylic acids is 1. The zero-order valence-corrected chi connectivity index (χ0v) is 19.6. The second-order valence-electron chi connectivity index (χ2n) is 7.65. The first kappa shape index (κ1) is 23.7. The largest absolute Gasteiger partial charge is 0.497 e. The molecule has 0 radical (unpaired) electrons. The van der Waals surface area contributed by atoms with Crippen molar-refractivity contribution in [3.05, 3.63) is 81.1 Å². The average molecular weight is 457 g/mol. The molecule has 0 saturated heterocycles. The number of ether oxygens (including phenoxy) is 2. The van der Waals surface area contributed by atoms with E-state index in [4.69, 9.17) is 21.1 Å². The third kappa shape index (κ3) is 5.26. The highest BCUT2D eigenvalue weighted by atomic mass is 35.5. The minimum atomic E-state index is -0.910. The fraction of sp³-hybridized carbons (Fsp3) is 0.320. The Hall–Kier alpha value is -2.96. The van der Waals surface area contributed by atoms with Crippen LogP contribution in [0.15, 0.2) is 42.5 Å². The standard InChI is InChI=1S/C25H29ClN2O4/c1-16-22(14-27-12-11-19-13-21(31-3)9-10-23(19)32-4)24(25(29)30)17(2)28(16)15-18-5-7-20(26)8-6-18/h5-10,13,27H,11-12,14-15H2,1-4H3,(H,29,30). The molecule has 3 rings (SSSR count). The molecule has 0 saturated carbocycles. The van der Waals surface area contributed by atoms with Gasteiger partial charge in [0.2, 0.25) is 0 Å². The highest BCUT2D eigenvalue weighted by Crippen LogP contribution is 2.26. The van der Waals surface area contributed by atoms with Gasteiger partial charge in [0.15, 0.2) is 0 Å². The fourth-order valence-corrected chi connectivity index (χ4v) is 4.10. The van der Waals surface area contributed by atoms with Crippen molar-refractivity contribution in [2.75, 3.05) is 20.8 Å². The number of halogens is 1. The molecular weight excluding hydrogens is 428 g/mol. The Labute approximate surface area is 193 Å². The van der Waals surface area contributed by atoms with Crippen molar-refractivity contribution in [1.82, 2.24) is 9.88 Å². The summed E-state index contributed by atoms with van der Waals surface area (Å²) in [4.78, 5) is 12.0. The second-order valence-corrected chi connectivity index (χ2v) is 8.08. The molecule has 0 aliphatic rings. The van der Waals surface area contributed by atoms with Gasteiger partial charge in [0, 0.05) is 35.1 Å². The molecule has 0 unspecified atom stereocenters. The predicted molar refractivity (Wildman–Crippen MR) is 126 cm³/mol. The summed E-state index contributed by atoms with van der Waals surface area (Å²) < 4.78 is 12.8. The van der Waals surface area contributed by atoms with Crippen LogP contribution in [0, 0.1) is 13.8 Å². The Bertz CT molecular complexity index is 1090. The van der Waals surface area contributed by atoms with Crippen LogP contribution in [0.4, 0.5) is 0 Å². The summed E-state index contributed by atoms with van der Waals surface area (Å²) in [6, 6.07) is 13.3. The molecule has 3 aromatic rings. The van der Waals surface area contributed by atoms with Crippen LogP contribution in [0.3, 0.4) is 0 Å². The number of carboxylic acids is 1. The van der Waals surface area contributed by atoms with Gasteiger partial charge >= 0.3 is 5.97 Å². The maximum absolute atomic E-state index is 12.0. The van der Waals surface area contributed by atoms with E-state index in [-0.39, 0.29) is 0 Å². The van der Waals surface area contributed by atoms with E-state index in [0.29, 0.717) is 30.2 Å². The summed E-state index contributed by atoms with van der Waals surface area (Å²) in [5, 5.41) is 13.9. The third-order valence-electron chi connectivity index (χ3n) is 5.74. The number of carboxylic acid groups (broad SMARTS) is 1. The molecule has 0 amide bonds. The second kappa shape index (κ2) is 10.6. The third-order valence-corrected chi connectivity index (χ3v) is 5.99. The molecule has 0 aliphatic carbocycles. The van der Waals surface area contributed by atoms with Gasteiger partial charge in [0.1, 0.15) is 11.5 Å². The first-order valence-corrected chi connectivity index (χ1v) is 10.8. The minimum absolute atomic E-state index is 0.364. The summed E-state index contributed by atoms with van der Waals surface area (Å²) in [5.41, 5.74) is 4.96. The molecule has 0 fully saturated rings. The quantitative estimate of drug-likeness (QED) is 0.426. The molecule has 2 aromatic carbocycles. The average Bonchev–Trinajstić information content (AvgIpc) is 3.02. The van der Waals surface area contributed by atoms with E-state index in [1.165, 1.54) is 0 Å². The molecule has 1 heterocycles. The number of methoxy groups -OCH3 is 2. The highest BCUT2D eigenvalue weighted by Gasteiger charge is 2.22. The normalized spacial score (nSPS) is 10.9. The van der Waals surface area contributed by atoms with Gasteiger partial charge in [-0.05, 0) is 68.3 Å². The summed E-state index contributed by atoms with van der Waals surface area (Å²) in [7, 11) is 3.28. The van der Waals surface area contributed by atoms with Crippen molar-refractivity contribution in [2.24, 2.45) is 0 Å². The number of hydrogen-bond donors (Lipinski definition) is 2. The molecule has 2 N–H and O–H groups in total. The number of aromatic nitrogens is 1. The Balaban J connectivity index is 1.75. The Morgan fingerprint density at radius 3 is 2.41 bits per heavy atom. The van der Waals surface area contributed by atoms with Crippen LogP contribution >= 0.6 is 11.6 Å². The van der Waals surface area contributed by atoms with E-state index in [1.807, 2.05) is 56.3 Å². The summed E-state index contributed by atoms with van der Waals surface area (Å²) in [6.07, 6.45) is 0.728. The molecule has 0 atom stereocenters. The summed E-state index contributed by atoms with van der Waals surface area (Å²) in [6.45, 7) is 5.56. The lowest BCUT2D eigenvalue weighted by molar-refractivity contribution is 0.0694. The Morgan fingerprint density at radius 1 is 1.06 bits per heavy atom. The van der Waals surface area contributed by atoms with Gasteiger partial charge < -0.3 is 24.5 Å². The molecule has 170 valence electrons. The first-order chi connectivity index (χ1) is 15.3. The first-order valence-electron chi connectivity index (χ1n) is 10.4. The summed E-state index contributed by atoms with van der Waals surface area (Å²) >= 11 is 5.99. The van der Waals surface area contributed by atoms with Gasteiger partial charge in [0.05, 0.1) is 19.8 Å². The van der Waals surface area contributed by atoms with E-state index < -0.39 is 5.97 Å². The number of benzene rings is 2. The SMILES string of the molecule is COc1ccc(OC)c(CCNCc2c(C(=O)O)c(C)n(Cc3ccc(Cl)cc3)c2C)c1. The van der Waals surface area contributed by atoms with Gasteiger partial charge in [-0.15, -0.1) is 0 Å². The molecule has 0 aliphatic heterocycles. The van der Waals surface area contributed by atoms with Gasteiger partial charge in [-0.1, -0.05) is 23.7 Å². The van der Waals surface area contributed by atoms with Crippen molar-refractivity contribution in [2.45, 2.75) is 33.4 Å². The Morgan fingerprint density at radius 2 is 1.78 bits per heavy atom. The van der Waals surface area contributed by atoms with Crippen molar-refractivity contribution < 1.29 is 19.4 Å². The highest BCUT2D eigenvalue weighted by molar-refractivity contribution is 6.30. The van der Waals surface area contributed by atoms with Crippen molar-refractivity contribution in [3.63, 3.8) is 0 Å². The maximum atomic E-state index is 12.0. The van der Waals surface area contributed by atoms with Crippen LogP contribution in [0.5, 0.6) is 11.5 Å². The fourth-order valence-electron chi connectivity index (χ4n) is 3.97. The topological polar surface area (TPSA) is 72.7 Å². The van der Waals surface area contributed by atoms with E-state index in [2.05, 4.69) is 9.88 Å². The van der Waals surface area contributed by atoms with E-state index in [1.54, 1.807) is 14.2 Å². The lowest BCUT2D eigenvalue weighted by Gasteiger charge is -2.12. The molecule has 1 aromatic heterocycles. The minimum Gasteiger partial charge on any atom is -0.497 e. The van der Waals surface area contributed by atoms with Gasteiger partial charge in [-0.2, -0.15) is 0 Å². The van der Waals surface area contributed by atoms with Crippen LogP contribution < -0.4 is 14.8 Å². The molecule has 0 spiro atoms. The van der Waals surface area contributed by atoms with E-state index in [9.17, 15) is 9.90 Å². The van der Waals surface area contributed by atoms with Crippen LogP contribution in [0.1, 0.15) is 38.4 Å². The van der Waals surface area contributed by atoms with Crippen molar-refractivity contribution >= 4 is 17.6 Å². The number of nitrogens with zero attached hydrogens (tertiary/aromatic N) is 1. The van der Waals surface area contributed by atoms with E-state index >= 15 is 0 Å². The lowest BCUT2D eigenvalue weighted by atomic mass is 10.1. The molecular formula is C25H29ClN2O4. The Kier molecular flexibility index (Phi) is 7.83. The summed E-state index contributed by atoms with van der Waals surface area (Å²) in [5.74, 6) is 0.673. The zero-order valence-electron chi connectivity index (χ0n) is 18.9. The van der Waals surface area contributed by atoms with Crippen LogP contribution in [-0.2, 0) is 19.5 Å². The monoisotopic (exact) mass is 456 g/mol. The molecule has 0 bridgehead atoms. The van der Waals surface area contributed by atoms with Gasteiger partial charge in [-0.3, -0.25) is 0 Å². The number of carbonyl (C=O) groups is 1. The van der Waals surface area contributed by atoms with Crippen LogP contribution in [-0.4, -0.2) is 36.4 Å². The number of nitrogens with one attached hydrogen (secondary N) is 1. The van der Waals surface area contributed by atoms with Crippen LogP contribution in [0.25, 0.3) is 0 Å². The van der Waals surface area contributed by atoms with Crippen LogP contribution in [0.2, 0.25) is 5.02 Å². The predicted octanol–water partition coefficient (Wildman–Crippen LogP) is 4.85. The smallest absolute Gasteiger partial charge is 0.337 e. The van der Waals surface area contributed by atoms with Gasteiger partial charge in [0.25, 0.3) is 0 Å². The molecule has 7 heteroatoms. The van der Waals surface area contributed by atoms with Crippen molar-refractivity contribution in [3.8, 4) is 11.5 Å². The van der Waals surface area contributed by atoms with Gasteiger partial charge in [-0.25, -0.2) is 4.79 Å². The maximum Gasteiger partial charge on any atom is 0.337 e. The number of hydrogen-bond acceptors (Lipinski definition) is 4. The zero-order chi connectivity index (χ0) is 23.3.